The van der Waals surface area contributed by atoms with Crippen LogP contribution in [-0.4, -0.2) is 43.7 Å². The van der Waals surface area contributed by atoms with E-state index in [1.54, 1.807) is 16.7 Å². The van der Waals surface area contributed by atoms with E-state index < -0.39 is 0 Å². The summed E-state index contributed by atoms with van der Waals surface area (Å²) in [7, 11) is 0. The third-order valence-electron chi connectivity index (χ3n) is 6.55. The van der Waals surface area contributed by atoms with E-state index in [4.69, 9.17) is 0 Å². The van der Waals surface area contributed by atoms with Crippen LogP contribution in [0.4, 0.5) is 5.69 Å². The van der Waals surface area contributed by atoms with Gasteiger partial charge < -0.3 is 15.1 Å². The number of nitrogens with one attached hydrogen (secondary N) is 2. The SMILES string of the molecule is Cc1ccc(C)c(CN2C(=O)CSc3ccc(C(=O)NCCC[NH+]4CCCCC4)cc32)c1. The number of aryl methyl sites for hydroxylation is 2. The van der Waals surface area contributed by atoms with E-state index in [9.17, 15) is 9.59 Å². The summed E-state index contributed by atoms with van der Waals surface area (Å²) in [5.74, 6) is 0.462. The molecule has 0 spiro atoms. The molecule has 0 aromatic heterocycles. The molecule has 2 heterocycles. The number of thioether (sulfide) groups is 1. The normalized spacial score (nSPS) is 16.7. The Bertz CT molecular complexity index is 985. The number of rotatable bonds is 7. The van der Waals surface area contributed by atoms with E-state index >= 15 is 0 Å². The summed E-state index contributed by atoms with van der Waals surface area (Å²) in [6, 6.07) is 12.1. The molecular weight excluding hydrogens is 418 g/mol. The molecule has 0 aliphatic carbocycles. The van der Waals surface area contributed by atoms with Crippen molar-refractivity contribution in [2.75, 3.05) is 36.8 Å². The molecule has 0 bridgehead atoms. The first kappa shape index (κ1) is 22.9. The highest BCUT2D eigenvalue weighted by atomic mass is 32.2. The third kappa shape index (κ3) is 5.54. The van der Waals surface area contributed by atoms with Gasteiger partial charge in [-0.2, -0.15) is 0 Å². The molecule has 0 radical (unpaired) electrons. The highest BCUT2D eigenvalue weighted by Gasteiger charge is 2.26. The predicted molar refractivity (Wildman–Crippen MR) is 131 cm³/mol. The molecule has 5 nitrogen and oxygen atoms in total. The summed E-state index contributed by atoms with van der Waals surface area (Å²) in [5.41, 5.74) is 4.97. The number of carbonyl (C=O) groups is 2. The number of likely N-dealkylation sites (tertiary alicyclic amines) is 1. The summed E-state index contributed by atoms with van der Waals surface area (Å²) in [5, 5.41) is 3.08. The van der Waals surface area contributed by atoms with Crippen LogP contribution < -0.4 is 15.1 Å². The van der Waals surface area contributed by atoms with E-state index in [0.717, 1.165) is 29.1 Å². The van der Waals surface area contributed by atoms with Crippen LogP contribution in [0.3, 0.4) is 0 Å². The number of hydrogen-bond acceptors (Lipinski definition) is 3. The summed E-state index contributed by atoms with van der Waals surface area (Å²) in [6.45, 7) is 9.03. The molecule has 2 aliphatic heterocycles. The van der Waals surface area contributed by atoms with Gasteiger partial charge in [-0.1, -0.05) is 23.8 Å². The second-order valence-electron chi connectivity index (χ2n) is 9.05. The Balaban J connectivity index is 1.42. The van der Waals surface area contributed by atoms with Crippen molar-refractivity contribution in [2.45, 2.75) is 51.0 Å². The smallest absolute Gasteiger partial charge is 0.251 e. The van der Waals surface area contributed by atoms with E-state index in [-0.39, 0.29) is 11.8 Å². The van der Waals surface area contributed by atoms with Crippen molar-refractivity contribution in [3.8, 4) is 0 Å². The van der Waals surface area contributed by atoms with Gasteiger partial charge in [-0.05, 0) is 62.4 Å². The second-order valence-corrected chi connectivity index (χ2v) is 10.1. The van der Waals surface area contributed by atoms with Gasteiger partial charge in [0.15, 0.2) is 0 Å². The molecule has 0 unspecified atom stereocenters. The molecule has 1 fully saturated rings. The van der Waals surface area contributed by atoms with Crippen LogP contribution in [0.5, 0.6) is 0 Å². The van der Waals surface area contributed by atoms with Gasteiger partial charge in [0.1, 0.15) is 0 Å². The van der Waals surface area contributed by atoms with Crippen LogP contribution in [0.2, 0.25) is 0 Å². The van der Waals surface area contributed by atoms with Crippen LogP contribution in [-0.2, 0) is 11.3 Å². The van der Waals surface area contributed by atoms with Crippen molar-refractivity contribution in [1.29, 1.82) is 0 Å². The molecule has 1 saturated heterocycles. The number of nitrogens with zero attached hydrogens (tertiary/aromatic N) is 1. The Kier molecular flexibility index (Phi) is 7.53. The standard InChI is InChI=1S/C26H33N3O2S/c1-19-7-8-20(2)22(15-19)17-29-23-16-21(9-10-24(23)32-18-25(29)30)26(31)27-11-6-14-28-12-4-3-5-13-28/h7-10,15-16H,3-6,11-14,17-18H2,1-2H3,(H,27,31)/p+1. The second kappa shape index (κ2) is 10.5. The Hall–Kier alpha value is -2.31. The molecule has 0 saturated carbocycles. The molecular formula is C26H34N3O2S+. The Labute approximate surface area is 195 Å². The minimum Gasteiger partial charge on any atom is -0.352 e. The first-order chi connectivity index (χ1) is 15.5. The predicted octanol–water partition coefficient (Wildman–Crippen LogP) is 3.13. The minimum atomic E-state index is -0.0591. The number of quaternary nitrogens is 1. The van der Waals surface area contributed by atoms with E-state index in [2.05, 4.69) is 37.4 Å². The zero-order valence-corrected chi connectivity index (χ0v) is 20.0. The first-order valence-electron chi connectivity index (χ1n) is 11.8. The average molecular weight is 453 g/mol. The molecule has 2 aromatic carbocycles. The van der Waals surface area contributed by atoms with Gasteiger partial charge in [0, 0.05) is 23.4 Å². The van der Waals surface area contributed by atoms with Crippen LogP contribution in [0.25, 0.3) is 0 Å². The maximum atomic E-state index is 12.8. The summed E-state index contributed by atoms with van der Waals surface area (Å²) in [6.07, 6.45) is 5.01. The quantitative estimate of drug-likeness (QED) is 0.635. The van der Waals surface area contributed by atoms with E-state index in [1.165, 1.54) is 43.5 Å². The first-order valence-corrected chi connectivity index (χ1v) is 12.7. The van der Waals surface area contributed by atoms with Crippen molar-refractivity contribution >= 4 is 29.3 Å². The average Bonchev–Trinajstić information content (AvgIpc) is 2.81. The molecule has 170 valence electrons. The minimum absolute atomic E-state index is 0.0591. The fourth-order valence-corrected chi connectivity index (χ4v) is 5.52. The Morgan fingerprint density at radius 3 is 2.72 bits per heavy atom. The molecule has 2 N–H and O–H groups in total. The number of anilines is 1. The molecule has 2 aliphatic rings. The lowest BCUT2D eigenvalue weighted by atomic mass is 10.0. The molecule has 4 rings (SSSR count). The topological polar surface area (TPSA) is 53.9 Å². The zero-order valence-electron chi connectivity index (χ0n) is 19.2. The van der Waals surface area contributed by atoms with Crippen molar-refractivity contribution < 1.29 is 14.5 Å². The van der Waals surface area contributed by atoms with Crippen molar-refractivity contribution in [3.05, 3.63) is 58.7 Å². The van der Waals surface area contributed by atoms with Crippen LogP contribution in [0, 0.1) is 13.8 Å². The largest absolute Gasteiger partial charge is 0.352 e. The van der Waals surface area contributed by atoms with Gasteiger partial charge in [0.05, 0.1) is 37.6 Å². The number of amides is 2. The van der Waals surface area contributed by atoms with Gasteiger partial charge in [-0.3, -0.25) is 9.59 Å². The van der Waals surface area contributed by atoms with Crippen LogP contribution >= 0.6 is 11.8 Å². The number of piperidine rings is 1. The fraction of sp³-hybridized carbons (Fsp3) is 0.462. The lowest BCUT2D eigenvalue weighted by Gasteiger charge is -2.30. The molecule has 2 aromatic rings. The van der Waals surface area contributed by atoms with Crippen molar-refractivity contribution in [2.24, 2.45) is 0 Å². The van der Waals surface area contributed by atoms with Crippen LogP contribution in [0.15, 0.2) is 41.3 Å². The monoisotopic (exact) mass is 452 g/mol. The van der Waals surface area contributed by atoms with Crippen LogP contribution in [0.1, 0.15) is 52.7 Å². The van der Waals surface area contributed by atoms with Crippen molar-refractivity contribution in [3.63, 3.8) is 0 Å². The summed E-state index contributed by atoms with van der Waals surface area (Å²) >= 11 is 1.55. The molecule has 0 atom stereocenters. The van der Waals surface area contributed by atoms with E-state index in [1.807, 2.05) is 23.1 Å². The lowest BCUT2D eigenvalue weighted by molar-refractivity contribution is -0.904. The molecule has 2 amide bonds. The number of carbonyl (C=O) groups excluding carboxylic acids is 2. The number of benzene rings is 2. The molecule has 32 heavy (non-hydrogen) atoms. The fourth-order valence-electron chi connectivity index (χ4n) is 4.60. The Morgan fingerprint density at radius 1 is 1.09 bits per heavy atom. The van der Waals surface area contributed by atoms with E-state index in [0.29, 0.717) is 24.4 Å². The van der Waals surface area contributed by atoms with Gasteiger partial charge >= 0.3 is 0 Å². The highest BCUT2D eigenvalue weighted by Crippen LogP contribution is 2.37. The lowest BCUT2D eigenvalue weighted by Crippen LogP contribution is -3.12. The number of hydrogen-bond donors (Lipinski definition) is 2. The highest BCUT2D eigenvalue weighted by molar-refractivity contribution is 8.00. The molecule has 6 heteroatoms. The summed E-state index contributed by atoms with van der Waals surface area (Å²) < 4.78 is 0. The van der Waals surface area contributed by atoms with Crippen molar-refractivity contribution in [1.82, 2.24) is 5.32 Å². The maximum Gasteiger partial charge on any atom is 0.251 e. The third-order valence-corrected chi connectivity index (χ3v) is 7.60. The summed E-state index contributed by atoms with van der Waals surface area (Å²) in [4.78, 5) is 30.2. The zero-order chi connectivity index (χ0) is 22.5. The maximum absolute atomic E-state index is 12.8. The number of fused-ring (bicyclic) bond motifs is 1. The van der Waals surface area contributed by atoms with Gasteiger partial charge in [-0.25, -0.2) is 0 Å². The van der Waals surface area contributed by atoms with Gasteiger partial charge in [-0.15, -0.1) is 11.8 Å². The van der Waals surface area contributed by atoms with Gasteiger partial charge in [0.2, 0.25) is 5.91 Å². The van der Waals surface area contributed by atoms with Gasteiger partial charge in [0.25, 0.3) is 5.91 Å². The Morgan fingerprint density at radius 2 is 1.91 bits per heavy atom.